The number of nitrogens with one attached hydrogen (secondary N) is 1. The highest BCUT2D eigenvalue weighted by atomic mass is 32.1. The van der Waals surface area contributed by atoms with Crippen LogP contribution in [-0.2, 0) is 0 Å². The molecule has 0 aromatic heterocycles. The van der Waals surface area contributed by atoms with Gasteiger partial charge in [-0.05, 0) is 24.3 Å². The molecule has 0 atom stereocenters. The molecule has 3 heteroatoms. The minimum Gasteiger partial charge on any atom is -0.399 e. The zero-order valence-corrected chi connectivity index (χ0v) is 9.50. The van der Waals surface area contributed by atoms with Crippen LogP contribution in [0.5, 0.6) is 0 Å². The van der Waals surface area contributed by atoms with Gasteiger partial charge in [-0.15, -0.1) is 0 Å². The Bertz CT molecular complexity index is 477. The maximum atomic E-state index is 5.61. The van der Waals surface area contributed by atoms with Crippen molar-refractivity contribution in [2.45, 2.75) is 0 Å². The van der Waals surface area contributed by atoms with Crippen molar-refractivity contribution >= 4 is 28.6 Å². The van der Waals surface area contributed by atoms with Crippen molar-refractivity contribution in [1.29, 1.82) is 0 Å². The van der Waals surface area contributed by atoms with Crippen molar-refractivity contribution in [1.82, 2.24) is 0 Å². The van der Waals surface area contributed by atoms with E-state index in [1.54, 1.807) is 0 Å². The minimum absolute atomic E-state index is 0.713. The predicted molar refractivity (Wildman–Crippen MR) is 72.6 cm³/mol. The third-order valence-electron chi connectivity index (χ3n) is 2.20. The summed E-state index contributed by atoms with van der Waals surface area (Å²) in [6, 6.07) is 17.4. The van der Waals surface area contributed by atoms with Crippen molar-refractivity contribution in [2.24, 2.45) is 0 Å². The van der Waals surface area contributed by atoms with E-state index in [4.69, 9.17) is 18.0 Å². The summed E-state index contributed by atoms with van der Waals surface area (Å²) in [6.45, 7) is 0. The topological polar surface area (TPSA) is 38.0 Å². The van der Waals surface area contributed by atoms with E-state index in [0.717, 1.165) is 16.9 Å². The van der Waals surface area contributed by atoms with Gasteiger partial charge in [0, 0.05) is 16.9 Å². The molecule has 0 amide bonds. The molecule has 3 N–H and O–H groups in total. The fourth-order valence-electron chi connectivity index (χ4n) is 1.36. The molecule has 0 heterocycles. The molecule has 2 aromatic rings. The largest absolute Gasteiger partial charge is 0.399 e. The molecule has 2 nitrogen and oxygen atoms in total. The average Bonchev–Trinajstić information content (AvgIpc) is 2.33. The number of nitrogen functional groups attached to an aromatic ring is 1. The number of hydrogen-bond acceptors (Lipinski definition) is 2. The maximum Gasteiger partial charge on any atom is 0.110 e. The molecular formula is C13H12N2S. The lowest BCUT2D eigenvalue weighted by Crippen LogP contribution is -2.10. The maximum absolute atomic E-state index is 5.61. The Morgan fingerprint density at radius 3 is 2.19 bits per heavy atom. The Kier molecular flexibility index (Phi) is 3.17. The zero-order valence-electron chi connectivity index (χ0n) is 8.68. The van der Waals surface area contributed by atoms with Crippen LogP contribution in [0.3, 0.4) is 0 Å². The summed E-state index contributed by atoms with van der Waals surface area (Å²) in [7, 11) is 0. The smallest absolute Gasteiger partial charge is 0.110 e. The highest BCUT2D eigenvalue weighted by Crippen LogP contribution is 2.12. The van der Waals surface area contributed by atoms with Crippen molar-refractivity contribution in [3.8, 4) is 0 Å². The van der Waals surface area contributed by atoms with Gasteiger partial charge in [0.1, 0.15) is 4.99 Å². The Hall–Kier alpha value is -1.87. The van der Waals surface area contributed by atoms with Crippen LogP contribution in [0.1, 0.15) is 5.56 Å². The van der Waals surface area contributed by atoms with Crippen LogP contribution < -0.4 is 11.1 Å². The van der Waals surface area contributed by atoms with Crippen LogP contribution in [0.15, 0.2) is 54.6 Å². The van der Waals surface area contributed by atoms with Gasteiger partial charge in [-0.25, -0.2) is 0 Å². The van der Waals surface area contributed by atoms with Gasteiger partial charge in [0.15, 0.2) is 0 Å². The van der Waals surface area contributed by atoms with E-state index in [0.29, 0.717) is 4.99 Å². The van der Waals surface area contributed by atoms with Crippen molar-refractivity contribution in [2.75, 3.05) is 11.1 Å². The highest BCUT2D eigenvalue weighted by Gasteiger charge is 1.99. The number of rotatable bonds is 2. The molecule has 0 unspecified atom stereocenters. The van der Waals surface area contributed by atoms with E-state index in [1.165, 1.54) is 0 Å². The van der Waals surface area contributed by atoms with Gasteiger partial charge in [0.25, 0.3) is 0 Å². The Labute approximate surface area is 100 Å². The van der Waals surface area contributed by atoms with Crippen molar-refractivity contribution in [3.05, 3.63) is 60.2 Å². The highest BCUT2D eigenvalue weighted by molar-refractivity contribution is 7.81. The summed E-state index contributed by atoms with van der Waals surface area (Å²) in [5, 5.41) is 3.16. The first-order chi connectivity index (χ1) is 7.75. The molecule has 0 fully saturated rings. The first kappa shape index (κ1) is 10.6. The van der Waals surface area contributed by atoms with Gasteiger partial charge < -0.3 is 11.1 Å². The first-order valence-corrected chi connectivity index (χ1v) is 5.38. The van der Waals surface area contributed by atoms with Gasteiger partial charge in [-0.1, -0.05) is 42.5 Å². The van der Waals surface area contributed by atoms with Crippen molar-refractivity contribution < 1.29 is 0 Å². The quantitative estimate of drug-likeness (QED) is 0.613. The standard InChI is InChI=1S/C13H12N2S/c14-11-6-8-12(9-7-11)15-13(16)10-4-2-1-3-5-10/h1-9H,14H2,(H,15,16). The van der Waals surface area contributed by atoms with Gasteiger partial charge >= 0.3 is 0 Å². The van der Waals surface area contributed by atoms with Crippen LogP contribution in [0, 0.1) is 0 Å². The monoisotopic (exact) mass is 228 g/mol. The van der Waals surface area contributed by atoms with Gasteiger partial charge in [0.05, 0.1) is 0 Å². The van der Waals surface area contributed by atoms with E-state index in [-0.39, 0.29) is 0 Å². The predicted octanol–water partition coefficient (Wildman–Crippen LogP) is 3.06. The SMILES string of the molecule is Nc1ccc(NC(=S)c2ccccc2)cc1. The Balaban J connectivity index is 2.11. The summed E-state index contributed by atoms with van der Waals surface area (Å²) in [5.41, 5.74) is 8.31. The number of anilines is 2. The fraction of sp³-hybridized carbons (Fsp3) is 0. The second kappa shape index (κ2) is 4.77. The Morgan fingerprint density at radius 1 is 0.938 bits per heavy atom. The second-order valence-electron chi connectivity index (χ2n) is 3.44. The van der Waals surface area contributed by atoms with Crippen molar-refractivity contribution in [3.63, 3.8) is 0 Å². The third-order valence-corrected chi connectivity index (χ3v) is 2.54. The average molecular weight is 228 g/mol. The summed E-state index contributed by atoms with van der Waals surface area (Å²) in [4.78, 5) is 0.713. The number of nitrogens with two attached hydrogens (primary N) is 1. The van der Waals surface area contributed by atoms with E-state index in [2.05, 4.69) is 5.32 Å². The number of thiocarbonyl (C=S) groups is 1. The number of hydrogen-bond donors (Lipinski definition) is 2. The van der Waals surface area contributed by atoms with Crippen LogP contribution in [0.4, 0.5) is 11.4 Å². The molecule has 80 valence electrons. The summed E-state index contributed by atoms with van der Waals surface area (Å²) >= 11 is 5.29. The molecule has 16 heavy (non-hydrogen) atoms. The lowest BCUT2D eigenvalue weighted by molar-refractivity contribution is 1.60. The Morgan fingerprint density at radius 2 is 1.56 bits per heavy atom. The minimum atomic E-state index is 0.713. The van der Waals surface area contributed by atoms with Gasteiger partial charge in [-0.3, -0.25) is 0 Å². The second-order valence-corrected chi connectivity index (χ2v) is 3.85. The summed E-state index contributed by atoms with van der Waals surface area (Å²) in [6.07, 6.45) is 0. The molecular weight excluding hydrogens is 216 g/mol. The van der Waals surface area contributed by atoms with E-state index in [9.17, 15) is 0 Å². The lowest BCUT2D eigenvalue weighted by Gasteiger charge is -2.07. The number of benzene rings is 2. The molecule has 0 saturated carbocycles. The van der Waals surface area contributed by atoms with Gasteiger partial charge in [-0.2, -0.15) is 0 Å². The van der Waals surface area contributed by atoms with E-state index in [1.807, 2.05) is 54.6 Å². The molecule has 2 aromatic carbocycles. The summed E-state index contributed by atoms with van der Waals surface area (Å²) < 4.78 is 0. The normalized spacial score (nSPS) is 9.75. The molecule has 2 rings (SSSR count). The lowest BCUT2D eigenvalue weighted by atomic mass is 10.2. The molecule has 0 saturated heterocycles. The third kappa shape index (κ3) is 2.58. The van der Waals surface area contributed by atoms with Crippen LogP contribution in [-0.4, -0.2) is 4.99 Å². The van der Waals surface area contributed by atoms with Crippen LogP contribution >= 0.6 is 12.2 Å². The first-order valence-electron chi connectivity index (χ1n) is 4.97. The van der Waals surface area contributed by atoms with Crippen LogP contribution in [0.25, 0.3) is 0 Å². The molecule has 0 spiro atoms. The summed E-state index contributed by atoms with van der Waals surface area (Å²) in [5.74, 6) is 0. The molecule has 0 aliphatic heterocycles. The van der Waals surface area contributed by atoms with E-state index < -0.39 is 0 Å². The van der Waals surface area contributed by atoms with Crippen LogP contribution in [0.2, 0.25) is 0 Å². The van der Waals surface area contributed by atoms with Gasteiger partial charge in [0.2, 0.25) is 0 Å². The molecule has 0 aliphatic rings. The zero-order chi connectivity index (χ0) is 11.4. The molecule has 0 bridgehead atoms. The molecule has 0 radical (unpaired) electrons. The van der Waals surface area contributed by atoms with E-state index >= 15 is 0 Å². The fourth-order valence-corrected chi connectivity index (χ4v) is 1.61. The molecule has 0 aliphatic carbocycles.